The zero-order chi connectivity index (χ0) is 11.2. The Morgan fingerprint density at radius 1 is 1.06 bits per heavy atom. The highest BCUT2D eigenvalue weighted by Crippen LogP contribution is 2.15. The number of hydrogen-bond acceptors (Lipinski definition) is 3. The van der Waals surface area contributed by atoms with E-state index in [9.17, 15) is 0 Å². The molecule has 0 fully saturated rings. The van der Waals surface area contributed by atoms with Gasteiger partial charge in [0.05, 0.1) is 0 Å². The Hall–Kier alpha value is -0.900. The van der Waals surface area contributed by atoms with Gasteiger partial charge in [0, 0.05) is 19.4 Å². The van der Waals surface area contributed by atoms with Gasteiger partial charge in [0.1, 0.15) is 11.6 Å². The number of fused-ring (bicyclic) bond motifs is 1. The van der Waals surface area contributed by atoms with Crippen LogP contribution < -0.4 is 5.73 Å². The Morgan fingerprint density at radius 3 is 2.88 bits per heavy atom. The molecule has 0 atom stereocenters. The zero-order valence-electron chi connectivity index (χ0n) is 9.99. The molecule has 0 bridgehead atoms. The van der Waals surface area contributed by atoms with Gasteiger partial charge in [-0.05, 0) is 32.2 Å². The summed E-state index contributed by atoms with van der Waals surface area (Å²) in [7, 11) is 0. The first kappa shape index (κ1) is 11.6. The van der Waals surface area contributed by atoms with Gasteiger partial charge in [0.15, 0.2) is 0 Å². The third-order valence-corrected chi connectivity index (χ3v) is 3.29. The van der Waals surface area contributed by atoms with Crippen molar-refractivity contribution in [3.63, 3.8) is 0 Å². The van der Waals surface area contributed by atoms with Crippen LogP contribution in [-0.4, -0.2) is 21.3 Å². The van der Waals surface area contributed by atoms with E-state index in [0.29, 0.717) is 0 Å². The van der Waals surface area contributed by atoms with Crippen LogP contribution in [0.15, 0.2) is 0 Å². The lowest BCUT2D eigenvalue weighted by molar-refractivity contribution is 0.585. The summed E-state index contributed by atoms with van der Waals surface area (Å²) in [5, 5.41) is 8.62. The molecule has 16 heavy (non-hydrogen) atoms. The van der Waals surface area contributed by atoms with Gasteiger partial charge in [-0.3, -0.25) is 0 Å². The summed E-state index contributed by atoms with van der Waals surface area (Å²) >= 11 is 0. The minimum atomic E-state index is 0.804. The van der Waals surface area contributed by atoms with Crippen molar-refractivity contribution >= 4 is 0 Å². The Labute approximate surface area is 97.2 Å². The van der Waals surface area contributed by atoms with E-state index in [1.807, 2.05) is 0 Å². The normalized spacial score (nSPS) is 15.8. The monoisotopic (exact) mass is 222 g/mol. The lowest BCUT2D eigenvalue weighted by Gasteiger charge is -2.06. The second kappa shape index (κ2) is 5.99. The molecule has 0 spiro atoms. The van der Waals surface area contributed by atoms with Gasteiger partial charge < -0.3 is 10.3 Å². The average molecular weight is 222 g/mol. The highest BCUT2D eigenvalue weighted by molar-refractivity contribution is 4.98. The van der Waals surface area contributed by atoms with Crippen molar-refractivity contribution in [1.82, 2.24) is 14.8 Å². The molecule has 2 N–H and O–H groups in total. The van der Waals surface area contributed by atoms with Gasteiger partial charge in [-0.15, -0.1) is 10.2 Å². The summed E-state index contributed by atoms with van der Waals surface area (Å²) in [5.74, 6) is 2.39. The van der Waals surface area contributed by atoms with Crippen molar-refractivity contribution in [1.29, 1.82) is 0 Å². The molecule has 1 aliphatic rings. The molecular formula is C12H22N4. The third kappa shape index (κ3) is 2.82. The van der Waals surface area contributed by atoms with Gasteiger partial charge in [-0.25, -0.2) is 0 Å². The molecule has 1 aliphatic heterocycles. The molecular weight excluding hydrogens is 200 g/mol. The Balaban J connectivity index is 1.91. The summed E-state index contributed by atoms with van der Waals surface area (Å²) < 4.78 is 2.34. The molecule has 0 radical (unpaired) electrons. The van der Waals surface area contributed by atoms with Crippen molar-refractivity contribution in [2.24, 2.45) is 5.73 Å². The van der Waals surface area contributed by atoms with E-state index in [4.69, 9.17) is 5.73 Å². The number of rotatable bonds is 5. The van der Waals surface area contributed by atoms with E-state index in [1.165, 1.54) is 43.8 Å². The van der Waals surface area contributed by atoms with Gasteiger partial charge in [0.25, 0.3) is 0 Å². The second-order valence-corrected chi connectivity index (χ2v) is 4.59. The summed E-state index contributed by atoms with van der Waals surface area (Å²) in [6.07, 6.45) is 9.57. The lowest BCUT2D eigenvalue weighted by Crippen LogP contribution is -2.06. The molecule has 0 saturated carbocycles. The van der Waals surface area contributed by atoms with Crippen LogP contribution in [0, 0.1) is 0 Å². The molecule has 1 aromatic rings. The number of aryl methyl sites for hydroxylation is 2. The molecule has 0 aliphatic carbocycles. The molecule has 90 valence electrons. The summed E-state index contributed by atoms with van der Waals surface area (Å²) in [5.41, 5.74) is 5.49. The van der Waals surface area contributed by atoms with Crippen LogP contribution in [0.5, 0.6) is 0 Å². The average Bonchev–Trinajstić information content (AvgIpc) is 2.54. The van der Waals surface area contributed by atoms with Crippen molar-refractivity contribution in [2.75, 3.05) is 6.54 Å². The first-order valence-electron chi connectivity index (χ1n) is 6.53. The molecule has 0 aromatic carbocycles. The molecule has 0 amide bonds. The number of nitrogens with two attached hydrogens (primary N) is 1. The van der Waals surface area contributed by atoms with Gasteiger partial charge in [-0.2, -0.15) is 0 Å². The Morgan fingerprint density at radius 2 is 2.00 bits per heavy atom. The summed E-state index contributed by atoms with van der Waals surface area (Å²) in [6, 6.07) is 0. The van der Waals surface area contributed by atoms with E-state index >= 15 is 0 Å². The topological polar surface area (TPSA) is 56.7 Å². The summed E-state index contributed by atoms with van der Waals surface area (Å²) in [4.78, 5) is 0. The van der Waals surface area contributed by atoms with Crippen LogP contribution in [0.4, 0.5) is 0 Å². The maximum absolute atomic E-state index is 5.49. The quantitative estimate of drug-likeness (QED) is 0.771. The minimum Gasteiger partial charge on any atom is -0.330 e. The van der Waals surface area contributed by atoms with E-state index < -0.39 is 0 Å². The highest BCUT2D eigenvalue weighted by atomic mass is 15.3. The smallest absolute Gasteiger partial charge is 0.132 e. The number of nitrogens with zero attached hydrogens (tertiary/aromatic N) is 3. The number of hydrogen-bond donors (Lipinski definition) is 1. The van der Waals surface area contributed by atoms with Crippen LogP contribution in [0.3, 0.4) is 0 Å². The van der Waals surface area contributed by atoms with E-state index in [2.05, 4.69) is 14.8 Å². The lowest BCUT2D eigenvalue weighted by atomic mass is 10.2. The van der Waals surface area contributed by atoms with Crippen LogP contribution >= 0.6 is 0 Å². The maximum Gasteiger partial charge on any atom is 0.132 e. The standard InChI is InChI=1S/C12H22N4/c13-9-5-1-3-7-11-14-15-12-8-4-2-6-10-16(11)12/h1-10,13H2. The number of unbranched alkanes of at least 4 members (excludes halogenated alkanes) is 2. The predicted octanol–water partition coefficient (Wildman–Crippen LogP) is 1.68. The van der Waals surface area contributed by atoms with E-state index in [-0.39, 0.29) is 0 Å². The number of aromatic nitrogens is 3. The largest absolute Gasteiger partial charge is 0.330 e. The molecule has 0 saturated heterocycles. The molecule has 2 heterocycles. The fraction of sp³-hybridized carbons (Fsp3) is 0.833. The van der Waals surface area contributed by atoms with Gasteiger partial charge >= 0.3 is 0 Å². The van der Waals surface area contributed by atoms with Crippen molar-refractivity contribution < 1.29 is 0 Å². The second-order valence-electron chi connectivity index (χ2n) is 4.59. The van der Waals surface area contributed by atoms with Crippen molar-refractivity contribution in [3.8, 4) is 0 Å². The maximum atomic E-state index is 5.49. The third-order valence-electron chi connectivity index (χ3n) is 3.29. The predicted molar refractivity (Wildman–Crippen MR) is 64.2 cm³/mol. The van der Waals surface area contributed by atoms with Crippen LogP contribution in [0.1, 0.15) is 50.2 Å². The zero-order valence-corrected chi connectivity index (χ0v) is 9.99. The van der Waals surface area contributed by atoms with Crippen LogP contribution in [-0.2, 0) is 19.4 Å². The highest BCUT2D eigenvalue weighted by Gasteiger charge is 2.13. The van der Waals surface area contributed by atoms with Crippen molar-refractivity contribution in [2.45, 2.75) is 57.9 Å². The molecule has 0 unspecified atom stereocenters. The first-order valence-corrected chi connectivity index (χ1v) is 6.53. The first-order chi connectivity index (χ1) is 7.92. The van der Waals surface area contributed by atoms with E-state index in [0.717, 1.165) is 32.4 Å². The molecule has 4 heteroatoms. The fourth-order valence-corrected chi connectivity index (χ4v) is 2.33. The van der Waals surface area contributed by atoms with Gasteiger partial charge in [-0.1, -0.05) is 12.8 Å². The fourth-order valence-electron chi connectivity index (χ4n) is 2.33. The SMILES string of the molecule is NCCCCCc1nnc2n1CCCCC2. The Kier molecular flexibility index (Phi) is 4.34. The summed E-state index contributed by atoms with van der Waals surface area (Å²) in [6.45, 7) is 1.92. The molecule has 4 nitrogen and oxygen atoms in total. The van der Waals surface area contributed by atoms with Crippen LogP contribution in [0.25, 0.3) is 0 Å². The van der Waals surface area contributed by atoms with Crippen LogP contribution in [0.2, 0.25) is 0 Å². The molecule has 2 rings (SSSR count). The Bertz CT molecular complexity index is 319. The van der Waals surface area contributed by atoms with Gasteiger partial charge in [0.2, 0.25) is 0 Å². The minimum absolute atomic E-state index is 0.804. The van der Waals surface area contributed by atoms with Crippen molar-refractivity contribution in [3.05, 3.63) is 11.6 Å². The van der Waals surface area contributed by atoms with E-state index in [1.54, 1.807) is 0 Å². The molecule has 1 aromatic heterocycles.